The summed E-state index contributed by atoms with van der Waals surface area (Å²) in [6, 6.07) is 60.9. The SMILES string of the molecule is COc1ccc(-c2ccc(-c3ccc(Oc4ccc(S(=O)(=O)c5ccc(Oc6ccc(C(C)(C)c7ccc(Oc8ccc(S(=O)(=O)c9ccc(C)cc9)cc8)cc7)cc6)cc5)cc4)cc3)nc2)cc1. The lowest BCUT2D eigenvalue weighted by Gasteiger charge is -2.26. The molecule has 0 radical (unpaired) electrons. The third-order valence-electron chi connectivity index (χ3n) is 11.9. The van der Waals surface area contributed by atoms with Gasteiger partial charge < -0.3 is 18.9 Å². The fraction of sp³-hybridized carbons (Fsp3) is 0.0862. The Morgan fingerprint density at radius 2 is 0.667 bits per heavy atom. The van der Waals surface area contributed by atoms with Gasteiger partial charge in [0.15, 0.2) is 0 Å². The number of aryl methyl sites for hydroxylation is 1. The second-order valence-electron chi connectivity index (χ2n) is 16.9. The molecule has 0 aliphatic rings. The molecule has 0 amide bonds. The number of pyridine rings is 1. The first kappa shape index (κ1) is 46.1. The van der Waals surface area contributed by atoms with Crippen molar-refractivity contribution in [2.75, 3.05) is 7.11 Å². The number of sulfone groups is 2. The number of hydrogen-bond donors (Lipinski definition) is 0. The average Bonchev–Trinajstić information content (AvgIpc) is 3.38. The van der Waals surface area contributed by atoms with Crippen molar-refractivity contribution in [3.8, 4) is 62.6 Å². The van der Waals surface area contributed by atoms with Gasteiger partial charge in [0, 0.05) is 22.7 Å². The molecule has 11 heteroatoms. The van der Waals surface area contributed by atoms with E-state index in [-0.39, 0.29) is 25.0 Å². The minimum Gasteiger partial charge on any atom is -0.497 e. The van der Waals surface area contributed by atoms with Crippen LogP contribution in [0.5, 0.6) is 40.2 Å². The molecule has 0 unspecified atom stereocenters. The monoisotopic (exact) mass is 949 g/mol. The molecule has 69 heavy (non-hydrogen) atoms. The van der Waals surface area contributed by atoms with Gasteiger partial charge in [-0.25, -0.2) is 16.8 Å². The van der Waals surface area contributed by atoms with E-state index in [0.717, 1.165) is 44.8 Å². The van der Waals surface area contributed by atoms with Crippen LogP contribution in [0, 0.1) is 6.92 Å². The molecule has 9 rings (SSSR count). The fourth-order valence-electron chi connectivity index (χ4n) is 7.72. The highest BCUT2D eigenvalue weighted by Crippen LogP contribution is 2.36. The van der Waals surface area contributed by atoms with Crippen LogP contribution in [0.15, 0.2) is 232 Å². The van der Waals surface area contributed by atoms with Crippen molar-refractivity contribution in [2.45, 2.75) is 45.8 Å². The van der Waals surface area contributed by atoms with Gasteiger partial charge in [-0.1, -0.05) is 74.0 Å². The fourth-order valence-corrected chi connectivity index (χ4v) is 10.2. The van der Waals surface area contributed by atoms with Crippen LogP contribution in [0.25, 0.3) is 22.4 Å². The first-order valence-electron chi connectivity index (χ1n) is 22.1. The van der Waals surface area contributed by atoms with Gasteiger partial charge in [0.2, 0.25) is 19.7 Å². The minimum atomic E-state index is -3.81. The Morgan fingerprint density at radius 1 is 0.362 bits per heavy atom. The smallest absolute Gasteiger partial charge is 0.206 e. The highest BCUT2D eigenvalue weighted by molar-refractivity contribution is 7.91. The number of ether oxygens (including phenoxy) is 4. The summed E-state index contributed by atoms with van der Waals surface area (Å²) < 4.78 is 76.8. The molecule has 9 aromatic rings. The third-order valence-corrected chi connectivity index (χ3v) is 15.5. The molecule has 9 nitrogen and oxygen atoms in total. The summed E-state index contributed by atoms with van der Waals surface area (Å²) in [6.45, 7) is 6.18. The van der Waals surface area contributed by atoms with Gasteiger partial charge in [0.05, 0.1) is 32.4 Å². The second kappa shape index (κ2) is 19.3. The molecule has 0 N–H and O–H groups in total. The molecule has 1 aromatic heterocycles. The zero-order valence-corrected chi connectivity index (χ0v) is 39.9. The number of rotatable bonds is 15. The molecular weight excluding hydrogens is 903 g/mol. The van der Waals surface area contributed by atoms with Crippen LogP contribution in [0.3, 0.4) is 0 Å². The van der Waals surface area contributed by atoms with Gasteiger partial charge in [-0.3, -0.25) is 4.98 Å². The van der Waals surface area contributed by atoms with Crippen molar-refractivity contribution in [3.63, 3.8) is 0 Å². The molecular formula is C58H47NO8S2. The lowest BCUT2D eigenvalue weighted by molar-refractivity contribution is 0.415. The standard InChI is InChI=1S/C58H47NO8S2/c1-40-5-30-53(31-6-40)68(60,61)54-32-26-51(27-33-54)66-48-20-12-44(13-21-48)58(2,3)45-14-22-49(23-15-45)67-52-28-36-56(37-29-52)69(62,63)55-34-24-50(25-35-55)65-47-18-9-42(10-19-47)57-38-11-43(39-59-57)41-7-16-46(64-4)17-8-41/h5-39H,1-4H3. The summed E-state index contributed by atoms with van der Waals surface area (Å²) in [6.07, 6.45) is 1.85. The lowest BCUT2D eigenvalue weighted by atomic mass is 9.78. The molecule has 0 atom stereocenters. The zero-order valence-electron chi connectivity index (χ0n) is 38.2. The Balaban J connectivity index is 0.774. The van der Waals surface area contributed by atoms with E-state index >= 15 is 0 Å². The van der Waals surface area contributed by atoms with Crippen LogP contribution in [-0.2, 0) is 25.1 Å². The molecule has 1 heterocycles. The van der Waals surface area contributed by atoms with Gasteiger partial charge >= 0.3 is 0 Å². The van der Waals surface area contributed by atoms with Crippen molar-refractivity contribution in [1.82, 2.24) is 4.98 Å². The van der Waals surface area contributed by atoms with Crippen molar-refractivity contribution in [3.05, 3.63) is 229 Å². The Bertz CT molecular complexity index is 3420. The maximum atomic E-state index is 13.6. The van der Waals surface area contributed by atoms with Crippen molar-refractivity contribution in [1.29, 1.82) is 0 Å². The van der Waals surface area contributed by atoms with Crippen LogP contribution in [0.1, 0.15) is 30.5 Å². The normalized spacial score (nSPS) is 11.7. The van der Waals surface area contributed by atoms with E-state index in [9.17, 15) is 16.8 Å². The molecule has 344 valence electrons. The largest absolute Gasteiger partial charge is 0.497 e. The number of nitrogens with zero attached hydrogens (tertiary/aromatic N) is 1. The van der Waals surface area contributed by atoms with E-state index < -0.39 is 19.7 Å². The molecule has 0 saturated carbocycles. The molecule has 0 saturated heterocycles. The van der Waals surface area contributed by atoms with Crippen LogP contribution in [0.4, 0.5) is 0 Å². The van der Waals surface area contributed by atoms with Crippen LogP contribution < -0.4 is 18.9 Å². The molecule has 0 fully saturated rings. The number of hydrogen-bond acceptors (Lipinski definition) is 9. The van der Waals surface area contributed by atoms with Gasteiger partial charge in [0.1, 0.15) is 40.2 Å². The third kappa shape index (κ3) is 10.3. The summed E-state index contributed by atoms with van der Waals surface area (Å²) in [7, 11) is -5.80. The number of benzene rings is 8. The van der Waals surface area contributed by atoms with E-state index in [2.05, 4.69) is 18.8 Å². The topological polar surface area (TPSA) is 118 Å². The van der Waals surface area contributed by atoms with Gasteiger partial charge in [-0.2, -0.15) is 0 Å². The van der Waals surface area contributed by atoms with Gasteiger partial charge in [0.25, 0.3) is 0 Å². The maximum Gasteiger partial charge on any atom is 0.206 e. The predicted octanol–water partition coefficient (Wildman–Crippen LogP) is 14.1. The molecule has 0 spiro atoms. The molecule has 0 aliphatic heterocycles. The number of aromatic nitrogens is 1. The van der Waals surface area contributed by atoms with E-state index in [1.165, 1.54) is 24.3 Å². The van der Waals surface area contributed by atoms with Crippen LogP contribution >= 0.6 is 0 Å². The lowest BCUT2D eigenvalue weighted by Crippen LogP contribution is -2.18. The summed E-state index contributed by atoms with van der Waals surface area (Å²) in [5.41, 5.74) is 6.57. The minimum absolute atomic E-state index is 0.139. The van der Waals surface area contributed by atoms with Crippen molar-refractivity contribution >= 4 is 19.7 Å². The summed E-state index contributed by atoms with van der Waals surface area (Å²) in [5.74, 6) is 4.15. The highest BCUT2D eigenvalue weighted by Gasteiger charge is 2.24. The maximum absolute atomic E-state index is 13.6. The summed E-state index contributed by atoms with van der Waals surface area (Å²) >= 11 is 0. The average molecular weight is 950 g/mol. The first-order chi connectivity index (χ1) is 33.2. The Labute approximate surface area is 403 Å². The Hall–Kier alpha value is -7.99. The quantitative estimate of drug-likeness (QED) is 0.0989. The van der Waals surface area contributed by atoms with Crippen LogP contribution in [-0.4, -0.2) is 28.9 Å². The van der Waals surface area contributed by atoms with Crippen molar-refractivity contribution < 1.29 is 35.8 Å². The Kier molecular flexibility index (Phi) is 12.9. The van der Waals surface area contributed by atoms with E-state index in [1.54, 1.807) is 79.9 Å². The summed E-state index contributed by atoms with van der Waals surface area (Å²) in [5, 5.41) is 0. The number of methoxy groups -OCH3 is 1. The van der Waals surface area contributed by atoms with Crippen LogP contribution in [0.2, 0.25) is 0 Å². The molecule has 0 aliphatic carbocycles. The zero-order chi connectivity index (χ0) is 48.2. The first-order valence-corrected chi connectivity index (χ1v) is 25.0. The molecule has 0 bridgehead atoms. The van der Waals surface area contributed by atoms with Gasteiger partial charge in [-0.15, -0.1) is 0 Å². The second-order valence-corrected chi connectivity index (χ2v) is 20.8. The van der Waals surface area contributed by atoms with E-state index in [0.29, 0.717) is 34.5 Å². The molecule has 8 aromatic carbocycles. The van der Waals surface area contributed by atoms with Crippen molar-refractivity contribution in [2.24, 2.45) is 0 Å². The summed E-state index contributed by atoms with van der Waals surface area (Å²) in [4.78, 5) is 5.38. The Morgan fingerprint density at radius 3 is 1.01 bits per heavy atom. The highest BCUT2D eigenvalue weighted by atomic mass is 32.2. The predicted molar refractivity (Wildman–Crippen MR) is 268 cm³/mol. The van der Waals surface area contributed by atoms with E-state index in [1.807, 2.05) is 122 Å². The van der Waals surface area contributed by atoms with E-state index in [4.69, 9.17) is 18.9 Å². The van der Waals surface area contributed by atoms with Gasteiger partial charge in [-0.05, 0) is 175 Å².